The molecule has 1 fully saturated rings. The van der Waals surface area contributed by atoms with E-state index in [-0.39, 0.29) is 24.6 Å². The molecule has 2 unspecified atom stereocenters. The van der Waals surface area contributed by atoms with Crippen molar-refractivity contribution in [2.45, 2.75) is 31.2 Å². The molecule has 0 radical (unpaired) electrons. The van der Waals surface area contributed by atoms with Crippen LogP contribution in [0.25, 0.3) is 0 Å². The molecule has 3 nitrogen and oxygen atoms in total. The van der Waals surface area contributed by atoms with Crippen molar-refractivity contribution >= 4 is 0 Å². The van der Waals surface area contributed by atoms with E-state index in [1.54, 1.807) is 7.05 Å². The van der Waals surface area contributed by atoms with Gasteiger partial charge in [-0.25, -0.2) is 0 Å². The highest BCUT2D eigenvalue weighted by atomic mass is 19.4. The molecule has 0 spiro atoms. The van der Waals surface area contributed by atoms with Crippen molar-refractivity contribution in [1.82, 2.24) is 9.88 Å². The number of aliphatic hydroxyl groups is 1. The fraction of sp³-hybridized carbons (Fsp3) is 0.583. The van der Waals surface area contributed by atoms with Gasteiger partial charge in [0.05, 0.1) is 5.56 Å². The highest BCUT2D eigenvalue weighted by Gasteiger charge is 2.46. The van der Waals surface area contributed by atoms with Gasteiger partial charge < -0.3 is 10.0 Å². The van der Waals surface area contributed by atoms with E-state index in [0.29, 0.717) is 0 Å². The van der Waals surface area contributed by atoms with Gasteiger partial charge in [-0.15, -0.1) is 0 Å². The van der Waals surface area contributed by atoms with Crippen molar-refractivity contribution < 1.29 is 18.3 Å². The van der Waals surface area contributed by atoms with Crippen LogP contribution in [0.3, 0.4) is 0 Å². The molecular formula is C12H15F3N2O. The Kier molecular flexibility index (Phi) is 3.11. The van der Waals surface area contributed by atoms with Gasteiger partial charge in [0.15, 0.2) is 0 Å². The first-order valence-electron chi connectivity index (χ1n) is 5.68. The number of halogens is 3. The van der Waals surface area contributed by atoms with Crippen LogP contribution < -0.4 is 0 Å². The highest BCUT2D eigenvalue weighted by molar-refractivity contribution is 5.33. The summed E-state index contributed by atoms with van der Waals surface area (Å²) < 4.78 is 38.7. The molecule has 1 aliphatic heterocycles. The molecule has 0 aliphatic carbocycles. The van der Waals surface area contributed by atoms with Crippen molar-refractivity contribution in [2.24, 2.45) is 0 Å². The number of pyridine rings is 1. The lowest BCUT2D eigenvalue weighted by atomic mass is 9.89. The van der Waals surface area contributed by atoms with Crippen LogP contribution in [-0.2, 0) is 11.8 Å². The molecule has 1 aromatic heterocycles. The van der Waals surface area contributed by atoms with E-state index < -0.39 is 17.3 Å². The number of hydrogen-bond donors (Lipinski definition) is 1. The molecule has 6 heteroatoms. The zero-order valence-corrected chi connectivity index (χ0v) is 10.2. The quantitative estimate of drug-likeness (QED) is 0.839. The zero-order chi connectivity index (χ0) is 13.6. The van der Waals surface area contributed by atoms with E-state index in [1.165, 1.54) is 0 Å². The van der Waals surface area contributed by atoms with Crippen molar-refractivity contribution in [1.29, 1.82) is 0 Å². The van der Waals surface area contributed by atoms with Gasteiger partial charge in [0.1, 0.15) is 5.60 Å². The third kappa shape index (κ3) is 2.22. The minimum atomic E-state index is -4.47. The SMILES string of the molecule is CC1CC(O)(c2cnccc2C(F)(F)F)CN1C. The Balaban J connectivity index is 2.46. The van der Waals surface area contributed by atoms with E-state index in [4.69, 9.17) is 0 Å². The molecule has 2 heterocycles. The van der Waals surface area contributed by atoms with Gasteiger partial charge in [-0.2, -0.15) is 13.2 Å². The zero-order valence-electron chi connectivity index (χ0n) is 10.2. The summed E-state index contributed by atoms with van der Waals surface area (Å²) in [5.74, 6) is 0. The molecule has 0 amide bonds. The number of aromatic nitrogens is 1. The highest BCUT2D eigenvalue weighted by Crippen LogP contribution is 2.41. The van der Waals surface area contributed by atoms with Crippen molar-refractivity contribution in [3.05, 3.63) is 29.6 Å². The van der Waals surface area contributed by atoms with Gasteiger partial charge >= 0.3 is 6.18 Å². The summed E-state index contributed by atoms with van der Waals surface area (Å²) in [7, 11) is 1.78. The summed E-state index contributed by atoms with van der Waals surface area (Å²) in [5.41, 5.74) is -2.41. The Morgan fingerprint density at radius 3 is 2.67 bits per heavy atom. The fourth-order valence-corrected chi connectivity index (χ4v) is 2.49. The topological polar surface area (TPSA) is 36.4 Å². The first-order valence-corrected chi connectivity index (χ1v) is 5.68. The van der Waals surface area contributed by atoms with Crippen LogP contribution in [0.15, 0.2) is 18.5 Å². The lowest BCUT2D eigenvalue weighted by Crippen LogP contribution is -2.32. The molecular weight excluding hydrogens is 245 g/mol. The van der Waals surface area contributed by atoms with Crippen LogP contribution in [0.1, 0.15) is 24.5 Å². The summed E-state index contributed by atoms with van der Waals surface area (Å²) in [4.78, 5) is 5.56. The third-order valence-corrected chi connectivity index (χ3v) is 3.52. The van der Waals surface area contributed by atoms with Gasteiger partial charge in [-0.1, -0.05) is 0 Å². The number of hydrogen-bond acceptors (Lipinski definition) is 3. The summed E-state index contributed by atoms with van der Waals surface area (Å²) in [6, 6.07) is 0.951. The molecule has 1 N–H and O–H groups in total. The minimum Gasteiger partial charge on any atom is -0.384 e. The Morgan fingerprint density at radius 1 is 1.50 bits per heavy atom. The summed E-state index contributed by atoms with van der Waals surface area (Å²) in [6.45, 7) is 2.06. The average Bonchev–Trinajstić information content (AvgIpc) is 2.53. The maximum absolute atomic E-state index is 12.9. The number of nitrogens with zero attached hydrogens (tertiary/aromatic N) is 2. The molecule has 2 rings (SSSR count). The lowest BCUT2D eigenvalue weighted by molar-refractivity contribution is -0.140. The molecule has 18 heavy (non-hydrogen) atoms. The molecule has 1 aromatic rings. The van der Waals surface area contributed by atoms with Crippen molar-refractivity contribution in [3.63, 3.8) is 0 Å². The Morgan fingerprint density at radius 2 is 2.17 bits per heavy atom. The van der Waals surface area contributed by atoms with E-state index in [0.717, 1.165) is 18.5 Å². The standard InChI is InChI=1S/C12H15F3N2O/c1-8-5-11(18,7-17(8)2)10-6-16-4-3-9(10)12(13,14)15/h3-4,6,8,18H,5,7H2,1-2H3. The summed E-state index contributed by atoms with van der Waals surface area (Å²) >= 11 is 0. The molecule has 1 saturated heterocycles. The number of rotatable bonds is 1. The minimum absolute atomic E-state index is 0.0382. The number of likely N-dealkylation sites (N-methyl/N-ethyl adjacent to an activating group) is 1. The lowest BCUT2D eigenvalue weighted by Gasteiger charge is -2.26. The molecule has 2 atom stereocenters. The Bertz CT molecular complexity index is 437. The van der Waals surface area contributed by atoms with Gasteiger partial charge in [0, 0.05) is 30.5 Å². The second-order valence-electron chi connectivity index (χ2n) is 4.92. The first kappa shape index (κ1) is 13.3. The first-order chi connectivity index (χ1) is 8.24. The van der Waals surface area contributed by atoms with Gasteiger partial charge in [0.25, 0.3) is 0 Å². The second-order valence-corrected chi connectivity index (χ2v) is 4.92. The number of β-amino-alcohol motifs (C(OH)–C–C–N with tert-alkyl or cyclic N) is 1. The van der Waals surface area contributed by atoms with Crippen LogP contribution in [0.2, 0.25) is 0 Å². The van der Waals surface area contributed by atoms with E-state index in [1.807, 2.05) is 11.8 Å². The molecule has 0 saturated carbocycles. The van der Waals surface area contributed by atoms with Crippen molar-refractivity contribution in [3.8, 4) is 0 Å². The van der Waals surface area contributed by atoms with Crippen LogP contribution in [-0.4, -0.2) is 34.6 Å². The predicted octanol–water partition coefficient (Wildman–Crippen LogP) is 2.01. The predicted molar refractivity (Wildman–Crippen MR) is 59.8 cm³/mol. The largest absolute Gasteiger partial charge is 0.416 e. The molecule has 0 bridgehead atoms. The maximum Gasteiger partial charge on any atom is 0.416 e. The average molecular weight is 260 g/mol. The van der Waals surface area contributed by atoms with Gasteiger partial charge in [0.2, 0.25) is 0 Å². The fourth-order valence-electron chi connectivity index (χ4n) is 2.49. The van der Waals surface area contributed by atoms with E-state index in [9.17, 15) is 18.3 Å². The van der Waals surface area contributed by atoms with Crippen molar-refractivity contribution in [2.75, 3.05) is 13.6 Å². The molecule has 0 aromatic carbocycles. The number of alkyl halides is 3. The monoisotopic (exact) mass is 260 g/mol. The van der Waals surface area contributed by atoms with Crippen LogP contribution in [0.4, 0.5) is 13.2 Å². The Labute approximate surface area is 103 Å². The van der Waals surface area contributed by atoms with Crippen LogP contribution >= 0.6 is 0 Å². The molecule has 100 valence electrons. The smallest absolute Gasteiger partial charge is 0.384 e. The van der Waals surface area contributed by atoms with Crippen LogP contribution in [0.5, 0.6) is 0 Å². The number of likely N-dealkylation sites (tertiary alicyclic amines) is 1. The van der Waals surface area contributed by atoms with Gasteiger partial charge in [-0.3, -0.25) is 4.98 Å². The van der Waals surface area contributed by atoms with Crippen LogP contribution in [0, 0.1) is 0 Å². The van der Waals surface area contributed by atoms with Gasteiger partial charge in [-0.05, 0) is 26.5 Å². The summed E-state index contributed by atoms with van der Waals surface area (Å²) in [6.07, 6.45) is -1.98. The normalized spacial score (nSPS) is 29.8. The van der Waals surface area contributed by atoms with E-state index >= 15 is 0 Å². The molecule has 1 aliphatic rings. The maximum atomic E-state index is 12.9. The Hall–Kier alpha value is -1.14. The third-order valence-electron chi connectivity index (χ3n) is 3.52. The summed E-state index contributed by atoms with van der Waals surface area (Å²) in [5, 5.41) is 10.5. The second kappa shape index (κ2) is 4.20. The van der Waals surface area contributed by atoms with E-state index in [2.05, 4.69) is 4.98 Å².